The number of anilines is 1. The van der Waals surface area contributed by atoms with E-state index in [4.69, 9.17) is 24.7 Å². The van der Waals surface area contributed by atoms with Crippen LogP contribution in [-0.4, -0.2) is 36.9 Å². The minimum Gasteiger partial charge on any atom is -0.495 e. The average Bonchev–Trinajstić information content (AvgIpc) is 2.65. The van der Waals surface area contributed by atoms with Crippen molar-refractivity contribution in [2.75, 3.05) is 34.2 Å². The van der Waals surface area contributed by atoms with Gasteiger partial charge in [-0.05, 0) is 23.8 Å². The molecule has 0 radical (unpaired) electrons. The molecule has 0 aromatic heterocycles. The summed E-state index contributed by atoms with van der Waals surface area (Å²) in [6, 6.07) is 7.75. The zero-order valence-electron chi connectivity index (χ0n) is 15.0. The van der Waals surface area contributed by atoms with Gasteiger partial charge in [0.25, 0.3) is 0 Å². The second-order valence-electron chi connectivity index (χ2n) is 5.21. The van der Waals surface area contributed by atoms with E-state index >= 15 is 0 Å². The molecule has 0 heterocycles. The Hall–Kier alpha value is -2.87. The third-order valence-electron chi connectivity index (χ3n) is 3.66. The van der Waals surface area contributed by atoms with E-state index in [0.29, 0.717) is 22.7 Å². The van der Waals surface area contributed by atoms with E-state index in [1.165, 1.54) is 46.6 Å². The second-order valence-corrected chi connectivity index (χ2v) is 7.04. The first-order valence-electron chi connectivity index (χ1n) is 7.53. The van der Waals surface area contributed by atoms with Crippen LogP contribution < -0.4 is 24.7 Å². The van der Waals surface area contributed by atoms with Crippen LogP contribution in [0.25, 0.3) is 6.08 Å². The highest BCUT2D eigenvalue weighted by atomic mass is 32.2. The number of rotatable bonds is 7. The summed E-state index contributed by atoms with van der Waals surface area (Å²) in [5.74, 6) is 1.36. The van der Waals surface area contributed by atoms with Crippen molar-refractivity contribution < 1.29 is 27.4 Å². The van der Waals surface area contributed by atoms with Crippen LogP contribution in [0.1, 0.15) is 5.56 Å². The molecule has 0 atom stereocenters. The van der Waals surface area contributed by atoms with Crippen molar-refractivity contribution in [1.29, 1.82) is 0 Å². The Morgan fingerprint density at radius 3 is 1.88 bits per heavy atom. The summed E-state index contributed by atoms with van der Waals surface area (Å²) in [6.45, 7) is 0. The average molecular weight is 379 g/mol. The molecule has 2 rings (SSSR count). The maximum absolute atomic E-state index is 12.7. The Labute approximate surface area is 152 Å². The van der Waals surface area contributed by atoms with Gasteiger partial charge < -0.3 is 24.7 Å². The highest BCUT2D eigenvalue weighted by Gasteiger charge is 2.19. The number of sulfone groups is 1. The maximum Gasteiger partial charge on any atom is 0.203 e. The number of hydrogen-bond donors (Lipinski definition) is 1. The van der Waals surface area contributed by atoms with Crippen molar-refractivity contribution in [3.8, 4) is 23.0 Å². The predicted molar refractivity (Wildman–Crippen MR) is 99.7 cm³/mol. The van der Waals surface area contributed by atoms with Crippen LogP contribution in [0.2, 0.25) is 0 Å². The Bertz CT molecular complexity index is 896. The Morgan fingerprint density at radius 2 is 1.42 bits per heavy atom. The number of nitrogens with two attached hydrogens (primary N) is 1. The normalized spacial score (nSPS) is 11.4. The molecule has 0 aliphatic heterocycles. The first kappa shape index (κ1) is 19.5. The quantitative estimate of drug-likeness (QED) is 0.739. The van der Waals surface area contributed by atoms with Gasteiger partial charge in [-0.15, -0.1) is 0 Å². The molecule has 0 spiro atoms. The molecule has 8 heteroatoms. The second kappa shape index (κ2) is 8.01. The number of nitrogen functional groups attached to an aromatic ring is 1. The monoisotopic (exact) mass is 379 g/mol. The summed E-state index contributed by atoms with van der Waals surface area (Å²) in [6.07, 6.45) is 1.45. The van der Waals surface area contributed by atoms with Crippen LogP contribution in [0.4, 0.5) is 5.69 Å². The summed E-state index contributed by atoms with van der Waals surface area (Å²) in [4.78, 5) is 0.0183. The first-order valence-corrected chi connectivity index (χ1v) is 9.07. The van der Waals surface area contributed by atoms with E-state index in [-0.39, 0.29) is 16.4 Å². The lowest BCUT2D eigenvalue weighted by atomic mass is 10.2. The molecule has 140 valence electrons. The first-order chi connectivity index (χ1) is 12.4. The molecule has 0 aliphatic carbocycles. The van der Waals surface area contributed by atoms with E-state index < -0.39 is 9.84 Å². The predicted octanol–water partition coefficient (Wildman–Crippen LogP) is 2.75. The molecule has 0 aliphatic rings. The topological polar surface area (TPSA) is 97.1 Å². The summed E-state index contributed by atoms with van der Waals surface area (Å²) in [5.41, 5.74) is 6.88. The van der Waals surface area contributed by atoms with Gasteiger partial charge >= 0.3 is 0 Å². The lowest BCUT2D eigenvalue weighted by Gasteiger charge is -2.13. The van der Waals surface area contributed by atoms with E-state index in [2.05, 4.69) is 0 Å². The molecule has 0 fully saturated rings. The van der Waals surface area contributed by atoms with Crippen molar-refractivity contribution in [2.45, 2.75) is 4.90 Å². The fourth-order valence-corrected chi connectivity index (χ4v) is 3.36. The van der Waals surface area contributed by atoms with E-state index in [1.807, 2.05) is 0 Å². The SMILES string of the molecule is COc1ccc(/C=C/S(=O)(=O)c2cc(OC)c(OC)c(OC)c2)cc1N. The lowest BCUT2D eigenvalue weighted by Crippen LogP contribution is -2.01. The zero-order chi connectivity index (χ0) is 19.3. The van der Waals surface area contributed by atoms with Gasteiger partial charge in [-0.3, -0.25) is 0 Å². The van der Waals surface area contributed by atoms with Gasteiger partial charge in [0.05, 0.1) is 39.0 Å². The van der Waals surface area contributed by atoms with Crippen molar-refractivity contribution in [3.63, 3.8) is 0 Å². The van der Waals surface area contributed by atoms with Crippen molar-refractivity contribution in [1.82, 2.24) is 0 Å². The van der Waals surface area contributed by atoms with Crippen LogP contribution in [-0.2, 0) is 9.84 Å². The van der Waals surface area contributed by atoms with Gasteiger partial charge in [-0.2, -0.15) is 0 Å². The summed E-state index contributed by atoms with van der Waals surface area (Å²) >= 11 is 0. The molecule has 0 bridgehead atoms. The third kappa shape index (κ3) is 4.02. The number of benzene rings is 2. The van der Waals surface area contributed by atoms with Gasteiger partial charge in [0.1, 0.15) is 5.75 Å². The number of methoxy groups -OCH3 is 4. The Balaban J connectivity index is 2.42. The van der Waals surface area contributed by atoms with Gasteiger partial charge in [-0.1, -0.05) is 6.07 Å². The molecule has 7 nitrogen and oxygen atoms in total. The number of hydrogen-bond acceptors (Lipinski definition) is 7. The van der Waals surface area contributed by atoms with Gasteiger partial charge in [0.15, 0.2) is 21.3 Å². The minimum absolute atomic E-state index is 0.0183. The zero-order valence-corrected chi connectivity index (χ0v) is 15.8. The molecule has 2 aromatic carbocycles. The fourth-order valence-electron chi connectivity index (χ4n) is 2.32. The number of ether oxygens (including phenoxy) is 4. The minimum atomic E-state index is -3.75. The van der Waals surface area contributed by atoms with Gasteiger partial charge in [0.2, 0.25) is 5.75 Å². The van der Waals surface area contributed by atoms with Crippen LogP contribution in [0, 0.1) is 0 Å². The molecule has 0 saturated heterocycles. The van der Waals surface area contributed by atoms with Gasteiger partial charge in [0, 0.05) is 17.5 Å². The summed E-state index contributed by atoms with van der Waals surface area (Å²) in [5, 5.41) is 1.09. The summed E-state index contributed by atoms with van der Waals surface area (Å²) in [7, 11) is 2.05. The van der Waals surface area contributed by atoms with Crippen LogP contribution in [0.5, 0.6) is 23.0 Å². The standard InChI is InChI=1S/C18H21NO6S/c1-22-15-6-5-12(9-14(15)19)7-8-26(20,21)13-10-16(23-2)18(25-4)17(11-13)24-3/h5-11H,19H2,1-4H3/b8-7+. The largest absolute Gasteiger partial charge is 0.495 e. The molecule has 0 unspecified atom stereocenters. The van der Waals surface area contributed by atoms with Crippen molar-refractivity contribution in [2.24, 2.45) is 0 Å². The summed E-state index contributed by atoms with van der Waals surface area (Å²) < 4.78 is 46.0. The van der Waals surface area contributed by atoms with E-state index in [9.17, 15) is 8.42 Å². The molecule has 26 heavy (non-hydrogen) atoms. The van der Waals surface area contributed by atoms with Crippen molar-refractivity contribution in [3.05, 3.63) is 41.3 Å². The van der Waals surface area contributed by atoms with Crippen LogP contribution in [0.15, 0.2) is 40.6 Å². The molecule has 2 N–H and O–H groups in total. The smallest absolute Gasteiger partial charge is 0.203 e. The van der Waals surface area contributed by atoms with Crippen molar-refractivity contribution >= 4 is 21.6 Å². The Kier molecular flexibility index (Phi) is 5.99. The Morgan fingerprint density at radius 1 is 0.846 bits per heavy atom. The molecule has 0 saturated carbocycles. The van der Waals surface area contributed by atoms with E-state index in [0.717, 1.165) is 5.41 Å². The van der Waals surface area contributed by atoms with Crippen LogP contribution in [0.3, 0.4) is 0 Å². The van der Waals surface area contributed by atoms with Gasteiger partial charge in [-0.25, -0.2) is 8.42 Å². The fraction of sp³-hybridized carbons (Fsp3) is 0.222. The highest BCUT2D eigenvalue weighted by molar-refractivity contribution is 7.94. The molecular formula is C18H21NO6S. The third-order valence-corrected chi connectivity index (χ3v) is 5.05. The molecular weight excluding hydrogens is 358 g/mol. The maximum atomic E-state index is 12.7. The van der Waals surface area contributed by atoms with E-state index in [1.54, 1.807) is 18.2 Å². The van der Waals surface area contributed by atoms with Crippen LogP contribution >= 0.6 is 0 Å². The molecule has 2 aromatic rings. The lowest BCUT2D eigenvalue weighted by molar-refractivity contribution is 0.323. The highest BCUT2D eigenvalue weighted by Crippen LogP contribution is 2.39. The molecule has 0 amide bonds.